The number of piperidine rings is 1. The molecule has 4 rings (SSSR count). The van der Waals surface area contributed by atoms with E-state index >= 15 is 0 Å². The van der Waals surface area contributed by atoms with E-state index in [-0.39, 0.29) is 0 Å². The number of likely N-dealkylation sites (tertiary alicyclic amines) is 1. The zero-order valence-electron chi connectivity index (χ0n) is 16.4. The van der Waals surface area contributed by atoms with Gasteiger partial charge in [-0.25, -0.2) is 15.0 Å². The minimum atomic E-state index is 0.524. The third-order valence-electron chi connectivity index (χ3n) is 5.23. The third kappa shape index (κ3) is 4.37. The summed E-state index contributed by atoms with van der Waals surface area (Å²) in [6.45, 7) is 4.63. The van der Waals surface area contributed by atoms with Gasteiger partial charge in [0.25, 0.3) is 0 Å². The lowest BCUT2D eigenvalue weighted by atomic mass is 10.0. The molecule has 0 bridgehead atoms. The normalized spacial score (nSPS) is 18.0. The molecular weight excluding hydrogens is 346 g/mol. The van der Waals surface area contributed by atoms with Gasteiger partial charge < -0.3 is 4.98 Å². The van der Waals surface area contributed by atoms with Crippen molar-refractivity contribution in [2.24, 2.45) is 0 Å². The molecule has 1 N–H and O–H groups in total. The molecule has 3 aromatic rings. The number of nitrogens with zero attached hydrogens (tertiary/aromatic N) is 4. The fraction of sp³-hybridized carbons (Fsp3) is 0.348. The molecule has 5 heteroatoms. The maximum absolute atomic E-state index is 4.70. The van der Waals surface area contributed by atoms with Crippen LogP contribution in [-0.4, -0.2) is 44.0 Å². The molecule has 28 heavy (non-hydrogen) atoms. The average Bonchev–Trinajstić information content (AvgIpc) is 3.23. The van der Waals surface area contributed by atoms with Crippen molar-refractivity contribution < 1.29 is 0 Å². The predicted octanol–water partition coefficient (Wildman–Crippen LogP) is 4.81. The first-order chi connectivity index (χ1) is 13.8. The Morgan fingerprint density at radius 2 is 1.93 bits per heavy atom. The Morgan fingerprint density at radius 3 is 2.71 bits per heavy atom. The topological polar surface area (TPSA) is 57.7 Å². The Kier molecular flexibility index (Phi) is 5.92. The summed E-state index contributed by atoms with van der Waals surface area (Å²) in [5.41, 5.74) is 2.80. The van der Waals surface area contributed by atoms with Crippen molar-refractivity contribution in [3.05, 3.63) is 60.8 Å². The summed E-state index contributed by atoms with van der Waals surface area (Å²) >= 11 is 0. The smallest absolute Gasteiger partial charge is 0.159 e. The highest BCUT2D eigenvalue weighted by molar-refractivity contribution is 5.61. The van der Waals surface area contributed by atoms with E-state index in [4.69, 9.17) is 4.98 Å². The Balaban J connectivity index is 1.45. The Hall–Kier alpha value is -2.79. The van der Waals surface area contributed by atoms with Crippen LogP contribution in [0.2, 0.25) is 0 Å². The molecule has 0 saturated carbocycles. The van der Waals surface area contributed by atoms with Crippen LogP contribution in [-0.2, 0) is 0 Å². The SMILES string of the molecule is CCCN1CCCC[C@@H]1/C=C/c1nc(-c2cnc(-c3ccccc3)nc2)c[nH]1. The Morgan fingerprint density at radius 1 is 1.11 bits per heavy atom. The standard InChI is InChI=1S/C23H27N5/c1-2-13-28-14-7-6-10-20(28)11-12-22-24-17-21(27-22)19-15-25-23(26-16-19)18-8-4-3-5-9-18/h3-5,8-9,11-12,15-17,20H,2,6-7,10,13-14H2,1H3,(H,24,27)/b12-11+/t20-/m1/s1. The minimum Gasteiger partial charge on any atom is -0.344 e. The highest BCUT2D eigenvalue weighted by atomic mass is 15.2. The van der Waals surface area contributed by atoms with Gasteiger partial charge in [-0.2, -0.15) is 0 Å². The van der Waals surface area contributed by atoms with Crippen LogP contribution < -0.4 is 0 Å². The number of aromatic nitrogens is 4. The second-order valence-electron chi connectivity index (χ2n) is 7.29. The maximum atomic E-state index is 4.70. The van der Waals surface area contributed by atoms with Gasteiger partial charge in [0.2, 0.25) is 0 Å². The molecule has 5 nitrogen and oxygen atoms in total. The molecular formula is C23H27N5. The summed E-state index contributed by atoms with van der Waals surface area (Å²) in [4.78, 5) is 19.5. The zero-order valence-corrected chi connectivity index (χ0v) is 16.4. The number of rotatable bonds is 6. The molecule has 1 aromatic carbocycles. The van der Waals surface area contributed by atoms with Gasteiger partial charge in [-0.05, 0) is 38.4 Å². The fourth-order valence-electron chi connectivity index (χ4n) is 3.77. The molecule has 1 saturated heterocycles. The van der Waals surface area contributed by atoms with Crippen molar-refractivity contribution >= 4 is 6.08 Å². The van der Waals surface area contributed by atoms with Crippen LogP contribution in [0.5, 0.6) is 0 Å². The van der Waals surface area contributed by atoms with Crippen molar-refractivity contribution in [3.8, 4) is 22.6 Å². The van der Waals surface area contributed by atoms with E-state index in [0.717, 1.165) is 28.5 Å². The van der Waals surface area contributed by atoms with Gasteiger partial charge in [-0.3, -0.25) is 4.90 Å². The lowest BCUT2D eigenvalue weighted by Gasteiger charge is -2.33. The van der Waals surface area contributed by atoms with E-state index in [1.165, 1.54) is 38.8 Å². The summed E-state index contributed by atoms with van der Waals surface area (Å²) in [7, 11) is 0. The molecule has 2 aromatic heterocycles. The molecule has 1 atom stereocenters. The molecule has 1 aliphatic rings. The van der Waals surface area contributed by atoms with Gasteiger partial charge in [0.1, 0.15) is 5.82 Å². The summed E-state index contributed by atoms with van der Waals surface area (Å²) in [5, 5.41) is 0. The molecule has 144 valence electrons. The molecule has 1 fully saturated rings. The second-order valence-corrected chi connectivity index (χ2v) is 7.29. The molecule has 0 amide bonds. The van der Waals surface area contributed by atoms with Gasteiger partial charge in [-0.15, -0.1) is 0 Å². The lowest BCUT2D eigenvalue weighted by Crippen LogP contribution is -2.38. The van der Waals surface area contributed by atoms with Crippen LogP contribution in [0.1, 0.15) is 38.4 Å². The number of nitrogens with one attached hydrogen (secondary N) is 1. The average molecular weight is 374 g/mol. The third-order valence-corrected chi connectivity index (χ3v) is 5.23. The Labute approximate surface area is 166 Å². The van der Waals surface area contributed by atoms with E-state index in [2.05, 4.69) is 38.9 Å². The molecule has 1 aliphatic heterocycles. The van der Waals surface area contributed by atoms with Crippen molar-refractivity contribution in [1.29, 1.82) is 0 Å². The zero-order chi connectivity index (χ0) is 19.2. The molecule has 3 heterocycles. The highest BCUT2D eigenvalue weighted by Gasteiger charge is 2.19. The summed E-state index contributed by atoms with van der Waals surface area (Å²) in [6.07, 6.45) is 15.1. The van der Waals surface area contributed by atoms with Crippen LogP contribution in [0, 0.1) is 0 Å². The van der Waals surface area contributed by atoms with E-state index < -0.39 is 0 Å². The van der Waals surface area contributed by atoms with Gasteiger partial charge in [-0.1, -0.05) is 49.8 Å². The minimum absolute atomic E-state index is 0.524. The number of aromatic amines is 1. The van der Waals surface area contributed by atoms with E-state index in [9.17, 15) is 0 Å². The first kappa shape index (κ1) is 18.6. The molecule has 0 radical (unpaired) electrons. The van der Waals surface area contributed by atoms with Crippen LogP contribution in [0.3, 0.4) is 0 Å². The summed E-state index contributed by atoms with van der Waals surface area (Å²) in [6, 6.07) is 10.5. The Bertz CT molecular complexity index is 896. The second kappa shape index (κ2) is 8.93. The summed E-state index contributed by atoms with van der Waals surface area (Å²) < 4.78 is 0. The monoisotopic (exact) mass is 373 g/mol. The van der Waals surface area contributed by atoms with Gasteiger partial charge in [0, 0.05) is 35.8 Å². The van der Waals surface area contributed by atoms with Crippen molar-refractivity contribution in [1.82, 2.24) is 24.8 Å². The molecule has 0 spiro atoms. The number of benzene rings is 1. The maximum Gasteiger partial charge on any atom is 0.159 e. The number of H-pyrrole nitrogens is 1. The lowest BCUT2D eigenvalue weighted by molar-refractivity contribution is 0.181. The van der Waals surface area contributed by atoms with Crippen LogP contribution in [0.25, 0.3) is 28.7 Å². The number of hydrogen-bond donors (Lipinski definition) is 1. The van der Waals surface area contributed by atoms with Gasteiger partial charge >= 0.3 is 0 Å². The summed E-state index contributed by atoms with van der Waals surface area (Å²) in [5.74, 6) is 1.61. The quantitative estimate of drug-likeness (QED) is 0.673. The fourth-order valence-corrected chi connectivity index (χ4v) is 3.77. The van der Waals surface area contributed by atoms with E-state index in [1.807, 2.05) is 48.9 Å². The van der Waals surface area contributed by atoms with Gasteiger partial charge in [0.05, 0.1) is 5.69 Å². The first-order valence-corrected chi connectivity index (χ1v) is 10.2. The van der Waals surface area contributed by atoms with Crippen molar-refractivity contribution in [2.75, 3.05) is 13.1 Å². The molecule has 0 aliphatic carbocycles. The van der Waals surface area contributed by atoms with Crippen molar-refractivity contribution in [3.63, 3.8) is 0 Å². The predicted molar refractivity (Wildman–Crippen MR) is 114 cm³/mol. The van der Waals surface area contributed by atoms with Crippen molar-refractivity contribution in [2.45, 2.75) is 38.6 Å². The van der Waals surface area contributed by atoms with Crippen LogP contribution >= 0.6 is 0 Å². The number of imidazole rings is 1. The van der Waals surface area contributed by atoms with E-state index in [1.54, 1.807) is 0 Å². The van der Waals surface area contributed by atoms with Crippen LogP contribution in [0.4, 0.5) is 0 Å². The largest absolute Gasteiger partial charge is 0.344 e. The first-order valence-electron chi connectivity index (χ1n) is 10.2. The number of hydrogen-bond acceptors (Lipinski definition) is 4. The molecule has 0 unspecified atom stereocenters. The van der Waals surface area contributed by atoms with Gasteiger partial charge in [0.15, 0.2) is 5.82 Å². The van der Waals surface area contributed by atoms with E-state index in [0.29, 0.717) is 6.04 Å². The van der Waals surface area contributed by atoms with Crippen LogP contribution in [0.15, 0.2) is 55.0 Å². The highest BCUT2D eigenvalue weighted by Crippen LogP contribution is 2.21.